The minimum Gasteiger partial charge on any atom is -0.346 e. The molecule has 1 aliphatic rings. The van der Waals surface area contributed by atoms with Crippen LogP contribution >= 0.6 is 0 Å². The first-order chi connectivity index (χ1) is 14.5. The van der Waals surface area contributed by atoms with Crippen molar-refractivity contribution < 1.29 is 14.4 Å². The number of nitrogens with zero attached hydrogens (tertiary/aromatic N) is 3. The molecule has 1 fully saturated rings. The Morgan fingerprint density at radius 3 is 2.30 bits per heavy atom. The van der Waals surface area contributed by atoms with Crippen LogP contribution in [0.1, 0.15) is 47.3 Å². The molecule has 1 saturated heterocycles. The highest BCUT2D eigenvalue weighted by atomic mass is 16.2. The van der Waals surface area contributed by atoms with Gasteiger partial charge in [0.1, 0.15) is 0 Å². The topological polar surface area (TPSA) is 84.3 Å². The maximum atomic E-state index is 12.6. The van der Waals surface area contributed by atoms with E-state index in [2.05, 4.69) is 10.3 Å². The maximum Gasteiger partial charge on any atom is 0.251 e. The maximum absolute atomic E-state index is 12.6. The molecule has 7 nitrogen and oxygen atoms in total. The van der Waals surface area contributed by atoms with Crippen molar-refractivity contribution in [2.45, 2.75) is 32.4 Å². The molecule has 3 amide bonds. The van der Waals surface area contributed by atoms with Crippen LogP contribution in [0.5, 0.6) is 0 Å². The molecular formula is C23H22N4O3. The summed E-state index contributed by atoms with van der Waals surface area (Å²) in [6.07, 6.45) is 5.89. The summed E-state index contributed by atoms with van der Waals surface area (Å²) < 4.78 is 1.91. The number of carbonyl (C=O) groups is 3. The van der Waals surface area contributed by atoms with Crippen molar-refractivity contribution in [3.8, 4) is 5.69 Å². The van der Waals surface area contributed by atoms with Crippen molar-refractivity contribution in [3.63, 3.8) is 0 Å². The fourth-order valence-electron chi connectivity index (χ4n) is 3.45. The van der Waals surface area contributed by atoms with Crippen molar-refractivity contribution in [1.82, 2.24) is 19.8 Å². The molecule has 0 aliphatic carbocycles. The molecule has 2 aromatic carbocycles. The smallest absolute Gasteiger partial charge is 0.251 e. The lowest BCUT2D eigenvalue weighted by Gasteiger charge is -2.16. The Balaban J connectivity index is 1.37. The molecular weight excluding hydrogens is 380 g/mol. The van der Waals surface area contributed by atoms with E-state index in [1.807, 2.05) is 42.0 Å². The van der Waals surface area contributed by atoms with Crippen LogP contribution in [0.15, 0.2) is 67.3 Å². The van der Waals surface area contributed by atoms with Crippen LogP contribution in [0.2, 0.25) is 0 Å². The monoisotopic (exact) mass is 402 g/mol. The van der Waals surface area contributed by atoms with Gasteiger partial charge in [0.15, 0.2) is 0 Å². The average molecular weight is 402 g/mol. The second-order valence-corrected chi connectivity index (χ2v) is 7.33. The minimum atomic E-state index is -0.180. The molecule has 7 heteroatoms. The number of imidazole rings is 1. The largest absolute Gasteiger partial charge is 0.346 e. The van der Waals surface area contributed by atoms with Gasteiger partial charge in [-0.05, 0) is 42.3 Å². The number of amides is 3. The first-order valence-corrected chi connectivity index (χ1v) is 9.82. The van der Waals surface area contributed by atoms with Crippen LogP contribution in [-0.2, 0) is 16.1 Å². The van der Waals surface area contributed by atoms with E-state index in [-0.39, 0.29) is 43.1 Å². The van der Waals surface area contributed by atoms with Gasteiger partial charge >= 0.3 is 0 Å². The third kappa shape index (κ3) is 4.15. The Labute approximate surface area is 174 Å². The number of carbonyl (C=O) groups excluding carboxylic acids is 3. The Hall–Kier alpha value is -3.74. The summed E-state index contributed by atoms with van der Waals surface area (Å²) in [4.78, 5) is 41.4. The Kier molecular flexibility index (Phi) is 5.43. The van der Waals surface area contributed by atoms with Crippen LogP contribution in [-0.4, -0.2) is 32.2 Å². The highest BCUT2D eigenvalue weighted by Crippen LogP contribution is 2.18. The summed E-state index contributed by atoms with van der Waals surface area (Å²) >= 11 is 0. The minimum absolute atomic E-state index is 0.144. The highest BCUT2D eigenvalue weighted by Gasteiger charge is 2.28. The molecule has 30 heavy (non-hydrogen) atoms. The van der Waals surface area contributed by atoms with E-state index in [0.29, 0.717) is 5.56 Å². The molecule has 0 spiro atoms. The number of hydrogen-bond donors (Lipinski definition) is 1. The molecule has 3 aromatic rings. The van der Waals surface area contributed by atoms with E-state index in [0.717, 1.165) is 16.8 Å². The van der Waals surface area contributed by atoms with Gasteiger partial charge in [-0.15, -0.1) is 0 Å². The fraction of sp³-hybridized carbons (Fsp3) is 0.217. The lowest BCUT2D eigenvalue weighted by Crippen LogP contribution is -2.28. The van der Waals surface area contributed by atoms with Gasteiger partial charge in [-0.2, -0.15) is 0 Å². The van der Waals surface area contributed by atoms with Crippen molar-refractivity contribution in [3.05, 3.63) is 83.9 Å². The molecule has 152 valence electrons. The number of likely N-dealkylation sites (tertiary alicyclic amines) is 1. The average Bonchev–Trinajstić information content (AvgIpc) is 3.40. The van der Waals surface area contributed by atoms with Gasteiger partial charge in [0.2, 0.25) is 11.8 Å². The normalized spacial score (nSPS) is 14.8. The predicted octanol–water partition coefficient (Wildman–Crippen LogP) is 3.01. The molecule has 1 aliphatic heterocycles. The van der Waals surface area contributed by atoms with Crippen LogP contribution in [0, 0.1) is 0 Å². The van der Waals surface area contributed by atoms with Crippen molar-refractivity contribution in [2.75, 3.05) is 0 Å². The van der Waals surface area contributed by atoms with E-state index < -0.39 is 0 Å². The van der Waals surface area contributed by atoms with Crippen LogP contribution in [0.3, 0.4) is 0 Å². The number of nitrogens with one attached hydrogen (secondary N) is 1. The quantitative estimate of drug-likeness (QED) is 0.643. The summed E-state index contributed by atoms with van der Waals surface area (Å²) in [5, 5.41) is 3.00. The van der Waals surface area contributed by atoms with E-state index in [4.69, 9.17) is 0 Å². The second-order valence-electron chi connectivity index (χ2n) is 7.33. The van der Waals surface area contributed by atoms with Crippen molar-refractivity contribution in [1.29, 1.82) is 0 Å². The summed E-state index contributed by atoms with van der Waals surface area (Å²) in [6, 6.07) is 14.7. The van der Waals surface area contributed by atoms with Crippen LogP contribution < -0.4 is 5.32 Å². The van der Waals surface area contributed by atoms with Gasteiger partial charge in [-0.25, -0.2) is 4.98 Å². The standard InChI is InChI=1S/C23H22N4O3/c1-16(18-6-8-20(9-7-18)26-13-12-24-15-26)25-23(30)19-4-2-17(3-5-19)14-27-21(28)10-11-22(27)29/h2-9,12-13,15-16H,10-11,14H2,1H3,(H,25,30). The number of imide groups is 1. The highest BCUT2D eigenvalue weighted by molar-refractivity contribution is 6.01. The zero-order valence-electron chi connectivity index (χ0n) is 16.6. The number of hydrogen-bond acceptors (Lipinski definition) is 4. The fourth-order valence-corrected chi connectivity index (χ4v) is 3.45. The van der Waals surface area contributed by atoms with Crippen molar-refractivity contribution in [2.24, 2.45) is 0 Å². The van der Waals surface area contributed by atoms with Crippen LogP contribution in [0.25, 0.3) is 5.69 Å². The van der Waals surface area contributed by atoms with Gasteiger partial charge in [0, 0.05) is 36.5 Å². The SMILES string of the molecule is CC(NC(=O)c1ccc(CN2C(=O)CCC2=O)cc1)c1ccc(-n2ccnc2)cc1. The van der Waals surface area contributed by atoms with E-state index in [1.54, 1.807) is 36.8 Å². The van der Waals surface area contributed by atoms with Crippen molar-refractivity contribution >= 4 is 17.7 Å². The third-order valence-corrected chi connectivity index (χ3v) is 5.25. The molecule has 0 saturated carbocycles. The Morgan fingerprint density at radius 2 is 1.70 bits per heavy atom. The van der Waals surface area contributed by atoms with Gasteiger partial charge in [-0.3, -0.25) is 19.3 Å². The summed E-state index contributed by atoms with van der Waals surface area (Å²) in [7, 11) is 0. The van der Waals surface area contributed by atoms with E-state index in [1.165, 1.54) is 4.90 Å². The molecule has 1 atom stereocenters. The van der Waals surface area contributed by atoms with Gasteiger partial charge in [0.05, 0.1) is 18.9 Å². The van der Waals surface area contributed by atoms with Gasteiger partial charge in [-0.1, -0.05) is 24.3 Å². The second kappa shape index (κ2) is 8.32. The molecule has 1 aromatic heterocycles. The lowest BCUT2D eigenvalue weighted by atomic mass is 10.1. The number of benzene rings is 2. The van der Waals surface area contributed by atoms with E-state index in [9.17, 15) is 14.4 Å². The lowest BCUT2D eigenvalue weighted by molar-refractivity contribution is -0.139. The molecule has 2 heterocycles. The summed E-state index contributed by atoms with van der Waals surface area (Å²) in [5.41, 5.74) is 3.34. The Morgan fingerprint density at radius 1 is 1.03 bits per heavy atom. The molecule has 0 bridgehead atoms. The van der Waals surface area contributed by atoms with Gasteiger partial charge in [0.25, 0.3) is 5.91 Å². The number of rotatable bonds is 6. The van der Waals surface area contributed by atoms with Gasteiger partial charge < -0.3 is 9.88 Å². The summed E-state index contributed by atoms with van der Waals surface area (Å²) in [5.74, 6) is -0.467. The molecule has 4 rings (SSSR count). The summed E-state index contributed by atoms with van der Waals surface area (Å²) in [6.45, 7) is 2.18. The first kappa shape index (κ1) is 19.6. The third-order valence-electron chi connectivity index (χ3n) is 5.25. The molecule has 1 N–H and O–H groups in total. The molecule has 1 unspecified atom stereocenters. The zero-order valence-corrected chi connectivity index (χ0v) is 16.6. The molecule has 0 radical (unpaired) electrons. The Bertz CT molecular complexity index is 1040. The number of aromatic nitrogens is 2. The van der Waals surface area contributed by atoms with E-state index >= 15 is 0 Å². The predicted molar refractivity (Wildman–Crippen MR) is 111 cm³/mol. The zero-order chi connectivity index (χ0) is 21.1. The first-order valence-electron chi connectivity index (χ1n) is 9.82. The van der Waals surface area contributed by atoms with Crippen LogP contribution in [0.4, 0.5) is 0 Å².